The summed E-state index contributed by atoms with van der Waals surface area (Å²) in [6.07, 6.45) is 1.61. The van der Waals surface area contributed by atoms with Gasteiger partial charge >= 0.3 is 6.03 Å². The van der Waals surface area contributed by atoms with Crippen molar-refractivity contribution < 1.29 is 23.5 Å². The predicted octanol–water partition coefficient (Wildman–Crippen LogP) is 5.56. The van der Waals surface area contributed by atoms with E-state index in [1.807, 2.05) is 20.8 Å². The molecule has 0 spiro atoms. The summed E-state index contributed by atoms with van der Waals surface area (Å²) >= 11 is 1.27. The summed E-state index contributed by atoms with van der Waals surface area (Å²) in [7, 11) is 1.52. The molecule has 3 aromatic rings. The van der Waals surface area contributed by atoms with Gasteiger partial charge in [-0.05, 0) is 61.6 Å². The Morgan fingerprint density at radius 1 is 1.18 bits per heavy atom. The number of amides is 4. The molecule has 4 rings (SSSR count). The normalized spacial score (nSPS) is 14.9. The van der Waals surface area contributed by atoms with Gasteiger partial charge in [0.25, 0.3) is 5.91 Å². The second kappa shape index (κ2) is 10.9. The summed E-state index contributed by atoms with van der Waals surface area (Å²) in [5.74, 6) is -0.761. The van der Waals surface area contributed by atoms with Crippen LogP contribution in [0.15, 0.2) is 36.5 Å². The Hall–Kier alpha value is -3.99. The summed E-state index contributed by atoms with van der Waals surface area (Å²) in [4.78, 5) is 45.9. The number of piperazine rings is 1. The van der Waals surface area contributed by atoms with Crippen molar-refractivity contribution in [3.63, 3.8) is 0 Å². The highest BCUT2D eigenvalue weighted by Crippen LogP contribution is 2.38. The summed E-state index contributed by atoms with van der Waals surface area (Å²) in [6, 6.07) is 7.45. The Morgan fingerprint density at radius 3 is 2.52 bits per heavy atom. The van der Waals surface area contributed by atoms with Crippen LogP contribution in [-0.4, -0.2) is 53.5 Å². The number of nitrogens with one attached hydrogen (secondary N) is 3. The van der Waals surface area contributed by atoms with Crippen LogP contribution in [0, 0.1) is 12.7 Å². The van der Waals surface area contributed by atoms with Crippen LogP contribution in [0.3, 0.4) is 0 Å². The fourth-order valence-corrected chi connectivity index (χ4v) is 5.51. The molecule has 2 aromatic heterocycles. The minimum absolute atomic E-state index is 0.0248. The van der Waals surface area contributed by atoms with E-state index < -0.39 is 17.4 Å². The number of benzene rings is 1. The second-order valence-electron chi connectivity index (χ2n) is 11.2. The maximum Gasteiger partial charge on any atom is 0.324 e. The molecule has 1 saturated heterocycles. The van der Waals surface area contributed by atoms with Crippen molar-refractivity contribution in [3.8, 4) is 17.0 Å². The highest BCUT2D eigenvalue weighted by Gasteiger charge is 2.42. The zero-order chi connectivity index (χ0) is 29.4. The number of carbonyl (C=O) groups is 3. The molecule has 1 aliphatic heterocycles. The Balaban J connectivity index is 1.63. The Labute approximate surface area is 237 Å². The number of thiophene rings is 1. The van der Waals surface area contributed by atoms with Crippen molar-refractivity contribution in [3.05, 3.63) is 58.3 Å². The van der Waals surface area contributed by atoms with Crippen LogP contribution >= 0.6 is 11.3 Å². The zero-order valence-corrected chi connectivity index (χ0v) is 24.5. The molecular weight excluding hydrogens is 533 g/mol. The van der Waals surface area contributed by atoms with Gasteiger partial charge in [-0.3, -0.25) is 14.9 Å². The number of methoxy groups -OCH3 is 1. The molecule has 3 N–H and O–H groups in total. The minimum Gasteiger partial charge on any atom is -0.481 e. The molecule has 0 saturated carbocycles. The summed E-state index contributed by atoms with van der Waals surface area (Å²) in [5.41, 5.74) is 0.997. The summed E-state index contributed by atoms with van der Waals surface area (Å²) in [5, 5.41) is 8.44. The highest BCUT2D eigenvalue weighted by molar-refractivity contribution is 7.16. The number of nitrogens with zero attached hydrogens (tertiary/aromatic N) is 2. The highest BCUT2D eigenvalue weighted by atomic mass is 32.1. The van der Waals surface area contributed by atoms with Gasteiger partial charge in [0.15, 0.2) is 0 Å². The number of aromatic nitrogens is 1. The van der Waals surface area contributed by atoms with Gasteiger partial charge in [-0.2, -0.15) is 0 Å². The van der Waals surface area contributed by atoms with E-state index in [0.29, 0.717) is 35.1 Å². The first kappa shape index (κ1) is 29.0. The molecule has 9 nitrogen and oxygen atoms in total. The molecule has 0 radical (unpaired) electrons. The molecule has 4 amide bonds. The maximum absolute atomic E-state index is 14.9. The smallest absolute Gasteiger partial charge is 0.324 e. The van der Waals surface area contributed by atoms with E-state index >= 15 is 0 Å². The zero-order valence-electron chi connectivity index (χ0n) is 23.7. The van der Waals surface area contributed by atoms with Crippen LogP contribution in [-0.2, 0) is 10.2 Å². The minimum atomic E-state index is -1.06. The molecule has 1 fully saturated rings. The van der Waals surface area contributed by atoms with Crippen molar-refractivity contribution >= 4 is 39.9 Å². The van der Waals surface area contributed by atoms with Crippen LogP contribution in [0.4, 0.5) is 19.9 Å². The first-order valence-corrected chi connectivity index (χ1v) is 13.7. The van der Waals surface area contributed by atoms with Crippen LogP contribution < -0.4 is 20.7 Å². The van der Waals surface area contributed by atoms with Crippen molar-refractivity contribution in [2.45, 2.75) is 52.5 Å². The van der Waals surface area contributed by atoms with E-state index in [4.69, 9.17) is 4.74 Å². The standard InChI is InChI=1S/C29H34FN5O4S/c1-16-12-20(30)21(13-18(16)17-8-9-23(39-7)32-15-17)33-27(38)34-24-19(14-22(40-24)28(2,3)4)25(36)35-11-10-31-26(37)29(35,5)6/h8-9,12-15H,10-11H2,1-7H3,(H,31,37)(H2,33,34,38). The largest absolute Gasteiger partial charge is 0.481 e. The van der Waals surface area contributed by atoms with E-state index in [1.54, 1.807) is 51.2 Å². The van der Waals surface area contributed by atoms with Gasteiger partial charge in [0.05, 0.1) is 18.4 Å². The lowest BCUT2D eigenvalue weighted by molar-refractivity contribution is -0.133. The SMILES string of the molecule is COc1ccc(-c2cc(NC(=O)Nc3sc(C(C)(C)C)cc3C(=O)N3CCNC(=O)C3(C)C)c(F)cc2C)cn1. The number of hydrogen-bond acceptors (Lipinski definition) is 6. The number of rotatable bonds is 5. The summed E-state index contributed by atoms with van der Waals surface area (Å²) in [6.45, 7) is 11.8. The van der Waals surface area contributed by atoms with E-state index in [1.165, 1.54) is 29.4 Å². The van der Waals surface area contributed by atoms with E-state index in [2.05, 4.69) is 20.9 Å². The molecule has 40 heavy (non-hydrogen) atoms. The quantitative estimate of drug-likeness (QED) is 0.374. The van der Waals surface area contributed by atoms with Crippen LogP contribution in [0.2, 0.25) is 0 Å². The van der Waals surface area contributed by atoms with Crippen molar-refractivity contribution in [1.82, 2.24) is 15.2 Å². The van der Waals surface area contributed by atoms with Gasteiger partial charge in [0.1, 0.15) is 16.4 Å². The Kier molecular flexibility index (Phi) is 7.89. The third-order valence-electron chi connectivity index (χ3n) is 6.84. The van der Waals surface area contributed by atoms with Crippen LogP contribution in [0.5, 0.6) is 5.88 Å². The molecule has 3 heterocycles. The number of urea groups is 1. The van der Waals surface area contributed by atoms with E-state index in [-0.39, 0.29) is 28.5 Å². The van der Waals surface area contributed by atoms with Crippen LogP contribution in [0.25, 0.3) is 11.1 Å². The van der Waals surface area contributed by atoms with E-state index in [9.17, 15) is 18.8 Å². The van der Waals surface area contributed by atoms with Gasteiger partial charge in [0.2, 0.25) is 11.8 Å². The fraction of sp³-hybridized carbons (Fsp3) is 0.379. The summed E-state index contributed by atoms with van der Waals surface area (Å²) < 4.78 is 20.0. The lowest BCUT2D eigenvalue weighted by Gasteiger charge is -2.41. The number of aryl methyl sites for hydroxylation is 1. The monoisotopic (exact) mass is 567 g/mol. The number of ether oxygens (including phenoxy) is 1. The molecule has 11 heteroatoms. The Morgan fingerprint density at radius 2 is 1.90 bits per heavy atom. The molecule has 1 aliphatic rings. The van der Waals surface area contributed by atoms with Gasteiger partial charge in [0, 0.05) is 35.8 Å². The number of halogens is 1. The van der Waals surface area contributed by atoms with Crippen molar-refractivity contribution in [2.75, 3.05) is 30.8 Å². The molecular formula is C29H34FN5O4S. The number of anilines is 2. The second-order valence-corrected chi connectivity index (χ2v) is 12.2. The third-order valence-corrected chi connectivity index (χ3v) is 8.32. The molecule has 0 atom stereocenters. The molecule has 0 unspecified atom stereocenters. The first-order chi connectivity index (χ1) is 18.7. The van der Waals surface area contributed by atoms with Gasteiger partial charge in [-0.15, -0.1) is 11.3 Å². The average molecular weight is 568 g/mol. The van der Waals surface area contributed by atoms with Gasteiger partial charge in [-0.25, -0.2) is 14.2 Å². The van der Waals surface area contributed by atoms with Crippen LogP contribution in [0.1, 0.15) is 55.4 Å². The van der Waals surface area contributed by atoms with E-state index in [0.717, 1.165) is 10.4 Å². The topological polar surface area (TPSA) is 113 Å². The lowest BCUT2D eigenvalue weighted by atomic mass is 9.93. The fourth-order valence-electron chi connectivity index (χ4n) is 4.41. The Bertz CT molecular complexity index is 1460. The number of pyridine rings is 1. The van der Waals surface area contributed by atoms with Crippen molar-refractivity contribution in [1.29, 1.82) is 0 Å². The molecule has 0 aliphatic carbocycles. The van der Waals surface area contributed by atoms with Gasteiger partial charge in [-0.1, -0.05) is 20.8 Å². The predicted molar refractivity (Wildman–Crippen MR) is 155 cm³/mol. The number of carbonyl (C=O) groups excluding carboxylic acids is 3. The number of hydrogen-bond donors (Lipinski definition) is 3. The maximum atomic E-state index is 14.9. The van der Waals surface area contributed by atoms with Crippen molar-refractivity contribution in [2.24, 2.45) is 0 Å². The average Bonchev–Trinajstić information content (AvgIpc) is 3.31. The molecule has 1 aromatic carbocycles. The molecule has 0 bridgehead atoms. The molecule has 212 valence electrons. The first-order valence-electron chi connectivity index (χ1n) is 12.9. The lowest BCUT2D eigenvalue weighted by Crippen LogP contribution is -2.63. The van der Waals surface area contributed by atoms with Gasteiger partial charge < -0.3 is 20.3 Å². The third kappa shape index (κ3) is 5.79.